The summed E-state index contributed by atoms with van der Waals surface area (Å²) in [5.74, 6) is -0.642. The Labute approximate surface area is 190 Å². The molecule has 2 aromatic carbocycles. The number of nitrogen functional groups attached to an aromatic ring is 1. The smallest absolute Gasteiger partial charge is 0.235 e. The number of carbonyl (C=O) groups excluding carboxylic acids is 1. The monoisotopic (exact) mass is 448 g/mol. The minimum atomic E-state index is -0.816. The fourth-order valence-corrected chi connectivity index (χ4v) is 5.04. The number of nitrogens with two attached hydrogens (primary N) is 2. The Balaban J connectivity index is 1.68. The van der Waals surface area contributed by atoms with Crippen molar-refractivity contribution in [3.05, 3.63) is 82.3 Å². The second-order valence-electron chi connectivity index (χ2n) is 8.09. The highest BCUT2D eigenvalue weighted by molar-refractivity contribution is 7.10. The van der Waals surface area contributed by atoms with E-state index in [-0.39, 0.29) is 17.7 Å². The van der Waals surface area contributed by atoms with Crippen LogP contribution in [0.4, 0.5) is 10.1 Å². The van der Waals surface area contributed by atoms with Gasteiger partial charge in [-0.05, 0) is 65.7 Å². The molecule has 0 aliphatic carbocycles. The van der Waals surface area contributed by atoms with E-state index in [1.54, 1.807) is 24.5 Å². The van der Waals surface area contributed by atoms with Crippen molar-refractivity contribution in [3.8, 4) is 11.1 Å². The number of aliphatic imine (C=N–C) groups is 1. The number of guanidine groups is 1. The average molecular weight is 449 g/mol. The van der Waals surface area contributed by atoms with Gasteiger partial charge in [0.05, 0.1) is 5.92 Å². The zero-order valence-electron chi connectivity index (χ0n) is 18.0. The van der Waals surface area contributed by atoms with Gasteiger partial charge in [0.15, 0.2) is 5.96 Å². The van der Waals surface area contributed by atoms with Crippen molar-refractivity contribution in [1.29, 1.82) is 0 Å². The standard InChI is InChI=1S/C25H25FN4OS/c1-25(22-14-18(15-32-22)17-8-5-10-20(27)13-17)21(23(31)30(2)24(28)29-25)11-4-7-16-6-3-9-19(26)12-16/h3-10,12-15,21H,11,27H2,1-2H3,(H2,28,29)/b7-4+/t21?,25-/m0/s1. The minimum Gasteiger partial charge on any atom is -0.399 e. The maximum Gasteiger partial charge on any atom is 0.235 e. The molecule has 0 fully saturated rings. The number of hydrogen-bond donors (Lipinski definition) is 2. The molecule has 0 spiro atoms. The highest BCUT2D eigenvalue weighted by atomic mass is 32.1. The fraction of sp³-hybridized carbons (Fsp3) is 0.200. The van der Waals surface area contributed by atoms with E-state index >= 15 is 0 Å². The summed E-state index contributed by atoms with van der Waals surface area (Å²) in [4.78, 5) is 20.3. The molecule has 7 heteroatoms. The van der Waals surface area contributed by atoms with Crippen molar-refractivity contribution < 1.29 is 9.18 Å². The summed E-state index contributed by atoms with van der Waals surface area (Å²) in [6.07, 6.45) is 4.16. The van der Waals surface area contributed by atoms with Crippen LogP contribution in [0.5, 0.6) is 0 Å². The molecule has 0 bridgehead atoms. The normalized spacial score (nSPS) is 21.2. The fourth-order valence-electron chi connectivity index (χ4n) is 3.96. The molecule has 1 aromatic heterocycles. The second-order valence-corrected chi connectivity index (χ2v) is 9.00. The third kappa shape index (κ3) is 4.16. The lowest BCUT2D eigenvalue weighted by atomic mass is 9.79. The molecule has 4 rings (SSSR count). The van der Waals surface area contributed by atoms with Crippen LogP contribution in [0.2, 0.25) is 0 Å². The Morgan fingerprint density at radius 3 is 2.69 bits per heavy atom. The van der Waals surface area contributed by atoms with Gasteiger partial charge in [-0.1, -0.05) is 36.4 Å². The number of thiophene rings is 1. The van der Waals surface area contributed by atoms with Crippen LogP contribution in [-0.2, 0) is 10.3 Å². The van der Waals surface area contributed by atoms with Crippen LogP contribution in [0.25, 0.3) is 17.2 Å². The van der Waals surface area contributed by atoms with Crippen LogP contribution in [-0.4, -0.2) is 23.8 Å². The molecule has 32 heavy (non-hydrogen) atoms. The van der Waals surface area contributed by atoms with Crippen molar-refractivity contribution >= 4 is 35.0 Å². The molecule has 2 atom stereocenters. The Hall–Kier alpha value is -3.45. The first-order valence-electron chi connectivity index (χ1n) is 10.3. The molecule has 0 radical (unpaired) electrons. The van der Waals surface area contributed by atoms with Gasteiger partial charge in [-0.2, -0.15) is 0 Å². The Morgan fingerprint density at radius 2 is 1.94 bits per heavy atom. The van der Waals surface area contributed by atoms with E-state index in [4.69, 9.17) is 16.5 Å². The van der Waals surface area contributed by atoms with Gasteiger partial charge in [0, 0.05) is 17.6 Å². The summed E-state index contributed by atoms with van der Waals surface area (Å²) in [5.41, 5.74) is 14.7. The molecule has 1 amide bonds. The SMILES string of the molecule is CN1C(=O)C(C/C=C/c2cccc(F)c2)[C@@](C)(c2cc(-c3cccc(N)c3)cs2)N=C1N. The number of rotatable bonds is 5. The summed E-state index contributed by atoms with van der Waals surface area (Å²) in [7, 11) is 1.64. The van der Waals surface area contributed by atoms with Crippen LogP contribution in [0, 0.1) is 11.7 Å². The largest absolute Gasteiger partial charge is 0.399 e. The summed E-state index contributed by atoms with van der Waals surface area (Å²) in [6.45, 7) is 1.94. The van der Waals surface area contributed by atoms with E-state index < -0.39 is 11.5 Å². The highest BCUT2D eigenvalue weighted by Gasteiger charge is 2.46. The third-order valence-corrected chi connectivity index (χ3v) is 7.00. The molecule has 164 valence electrons. The topological polar surface area (TPSA) is 84.7 Å². The van der Waals surface area contributed by atoms with Gasteiger partial charge in [0.25, 0.3) is 0 Å². The first-order valence-corrected chi connectivity index (χ1v) is 11.2. The number of allylic oxidation sites excluding steroid dienone is 1. The first kappa shape index (κ1) is 21.8. The molecular weight excluding hydrogens is 423 g/mol. The van der Waals surface area contributed by atoms with Crippen LogP contribution < -0.4 is 11.5 Å². The molecule has 0 saturated heterocycles. The van der Waals surface area contributed by atoms with E-state index in [9.17, 15) is 9.18 Å². The van der Waals surface area contributed by atoms with Gasteiger partial charge >= 0.3 is 0 Å². The lowest BCUT2D eigenvalue weighted by molar-refractivity contribution is -0.133. The number of nitrogens with zero attached hydrogens (tertiary/aromatic N) is 2. The van der Waals surface area contributed by atoms with Crippen LogP contribution >= 0.6 is 11.3 Å². The molecule has 1 unspecified atom stereocenters. The van der Waals surface area contributed by atoms with Crippen LogP contribution in [0.3, 0.4) is 0 Å². The summed E-state index contributed by atoms with van der Waals surface area (Å²) < 4.78 is 13.5. The summed E-state index contributed by atoms with van der Waals surface area (Å²) in [5, 5.41) is 2.05. The molecule has 0 saturated carbocycles. The van der Waals surface area contributed by atoms with E-state index in [0.29, 0.717) is 12.1 Å². The maximum absolute atomic E-state index is 13.5. The number of benzene rings is 2. The Bertz CT molecular complexity index is 1220. The lowest BCUT2D eigenvalue weighted by Gasteiger charge is -2.39. The first-order chi connectivity index (χ1) is 15.3. The van der Waals surface area contributed by atoms with Gasteiger partial charge in [-0.3, -0.25) is 9.69 Å². The van der Waals surface area contributed by atoms with Crippen LogP contribution in [0.15, 0.2) is 71.0 Å². The highest BCUT2D eigenvalue weighted by Crippen LogP contribution is 2.44. The zero-order valence-corrected chi connectivity index (χ0v) is 18.8. The predicted molar refractivity (Wildman–Crippen MR) is 129 cm³/mol. The average Bonchev–Trinajstić information content (AvgIpc) is 3.26. The van der Waals surface area contributed by atoms with E-state index in [1.807, 2.05) is 54.8 Å². The third-order valence-electron chi connectivity index (χ3n) is 5.85. The van der Waals surface area contributed by atoms with Crippen molar-refractivity contribution in [2.24, 2.45) is 16.6 Å². The molecule has 3 aromatic rings. The zero-order chi connectivity index (χ0) is 22.9. The van der Waals surface area contributed by atoms with Crippen molar-refractivity contribution in [2.75, 3.05) is 12.8 Å². The second kappa shape index (κ2) is 8.59. The Kier molecular flexibility index (Phi) is 5.84. The van der Waals surface area contributed by atoms with E-state index in [0.717, 1.165) is 21.6 Å². The number of amides is 1. The molecule has 1 aliphatic heterocycles. The van der Waals surface area contributed by atoms with Gasteiger partial charge < -0.3 is 11.5 Å². The van der Waals surface area contributed by atoms with Crippen LogP contribution in [0.1, 0.15) is 23.8 Å². The molecule has 4 N–H and O–H groups in total. The van der Waals surface area contributed by atoms with Gasteiger partial charge in [0.2, 0.25) is 5.91 Å². The van der Waals surface area contributed by atoms with Crippen molar-refractivity contribution in [2.45, 2.75) is 18.9 Å². The number of anilines is 1. The van der Waals surface area contributed by atoms with Gasteiger partial charge in [-0.15, -0.1) is 11.3 Å². The molecule has 1 aliphatic rings. The van der Waals surface area contributed by atoms with Crippen molar-refractivity contribution in [3.63, 3.8) is 0 Å². The van der Waals surface area contributed by atoms with E-state index in [1.165, 1.54) is 17.0 Å². The summed E-state index contributed by atoms with van der Waals surface area (Å²) in [6, 6.07) is 16.1. The lowest BCUT2D eigenvalue weighted by Crippen LogP contribution is -2.53. The van der Waals surface area contributed by atoms with Gasteiger partial charge in [0.1, 0.15) is 11.4 Å². The number of halogens is 1. The number of carbonyl (C=O) groups is 1. The minimum absolute atomic E-state index is 0.0946. The molecular formula is C25H25FN4OS. The Morgan fingerprint density at radius 1 is 1.16 bits per heavy atom. The molecule has 5 nitrogen and oxygen atoms in total. The maximum atomic E-state index is 13.5. The van der Waals surface area contributed by atoms with Gasteiger partial charge in [-0.25, -0.2) is 9.38 Å². The van der Waals surface area contributed by atoms with Crippen molar-refractivity contribution in [1.82, 2.24) is 4.90 Å². The summed E-state index contributed by atoms with van der Waals surface area (Å²) >= 11 is 1.55. The predicted octanol–water partition coefficient (Wildman–Crippen LogP) is 4.86. The molecule has 2 heterocycles. The number of hydrogen-bond acceptors (Lipinski definition) is 5. The van der Waals surface area contributed by atoms with E-state index in [2.05, 4.69) is 6.07 Å². The quantitative estimate of drug-likeness (QED) is 0.547.